The zero-order valence-corrected chi connectivity index (χ0v) is 16.2. The van der Waals surface area contributed by atoms with Crippen LogP contribution in [-0.4, -0.2) is 25.9 Å². The minimum Gasteiger partial charge on any atom is -0.320 e. The highest BCUT2D eigenvalue weighted by atomic mass is 79.9. The van der Waals surface area contributed by atoms with E-state index in [2.05, 4.69) is 36.5 Å². The van der Waals surface area contributed by atoms with Gasteiger partial charge in [0.25, 0.3) is 5.91 Å². The zero-order valence-electron chi connectivity index (χ0n) is 14.6. The molecular formula is C18H20BrN5O. The molecule has 0 fully saturated rings. The molecule has 0 radical (unpaired) electrons. The highest BCUT2D eigenvalue weighted by molar-refractivity contribution is 9.10. The van der Waals surface area contributed by atoms with E-state index in [1.807, 2.05) is 62.7 Å². The molecule has 3 rings (SSSR count). The maximum Gasteiger partial charge on any atom is 0.277 e. The number of nitrogens with one attached hydrogen (secondary N) is 2. The number of benzene rings is 1. The summed E-state index contributed by atoms with van der Waals surface area (Å²) in [6.07, 6.45) is 0. The van der Waals surface area contributed by atoms with E-state index in [1.165, 1.54) is 0 Å². The fourth-order valence-electron chi connectivity index (χ4n) is 2.67. The number of hydrogen-bond donors (Lipinski definition) is 2. The third-order valence-corrected chi connectivity index (χ3v) is 4.69. The van der Waals surface area contributed by atoms with E-state index in [4.69, 9.17) is 0 Å². The second-order valence-electron chi connectivity index (χ2n) is 6.30. The van der Waals surface area contributed by atoms with Gasteiger partial charge in [0.2, 0.25) is 0 Å². The van der Waals surface area contributed by atoms with Crippen molar-refractivity contribution in [1.82, 2.24) is 20.0 Å². The number of aromatic nitrogens is 4. The summed E-state index contributed by atoms with van der Waals surface area (Å²) in [6, 6.07) is 9.59. The van der Waals surface area contributed by atoms with Crippen molar-refractivity contribution in [2.75, 3.05) is 5.32 Å². The lowest BCUT2D eigenvalue weighted by molar-refractivity contribution is 0.102. The van der Waals surface area contributed by atoms with Crippen LogP contribution in [-0.2, 0) is 0 Å². The molecule has 0 atom stereocenters. The second kappa shape index (κ2) is 6.84. The Balaban J connectivity index is 1.85. The molecule has 0 saturated carbocycles. The number of H-pyrrole nitrogens is 1. The van der Waals surface area contributed by atoms with Crippen LogP contribution in [0.5, 0.6) is 0 Å². The van der Waals surface area contributed by atoms with Gasteiger partial charge in [-0.1, -0.05) is 19.9 Å². The average Bonchev–Trinajstić information content (AvgIpc) is 3.09. The van der Waals surface area contributed by atoms with Crippen molar-refractivity contribution < 1.29 is 4.79 Å². The lowest BCUT2D eigenvalue weighted by atomic mass is 10.1. The first-order valence-corrected chi connectivity index (χ1v) is 8.85. The molecule has 25 heavy (non-hydrogen) atoms. The SMILES string of the molecule is Cc1cc(C)n(-c2cccc(NC(=O)c3n[nH]c(C(C)C)c3Br)c2)n1. The Hall–Kier alpha value is -2.41. The van der Waals surface area contributed by atoms with E-state index in [1.54, 1.807) is 0 Å². The van der Waals surface area contributed by atoms with Crippen LogP contribution >= 0.6 is 15.9 Å². The van der Waals surface area contributed by atoms with Crippen LogP contribution in [0, 0.1) is 13.8 Å². The molecule has 130 valence electrons. The predicted octanol–water partition coefficient (Wildman–Crippen LogP) is 4.35. The Bertz CT molecular complexity index is 925. The number of carbonyl (C=O) groups excluding carboxylic acids is 1. The summed E-state index contributed by atoms with van der Waals surface area (Å²) in [5, 5.41) is 14.4. The summed E-state index contributed by atoms with van der Waals surface area (Å²) in [5.41, 5.74) is 4.83. The average molecular weight is 402 g/mol. The van der Waals surface area contributed by atoms with Crippen molar-refractivity contribution in [3.05, 3.63) is 57.6 Å². The molecule has 1 aromatic carbocycles. The van der Waals surface area contributed by atoms with Gasteiger partial charge in [0.05, 0.1) is 21.5 Å². The summed E-state index contributed by atoms with van der Waals surface area (Å²) in [6.45, 7) is 8.03. The molecule has 0 bridgehead atoms. The van der Waals surface area contributed by atoms with Crippen LogP contribution in [0.25, 0.3) is 5.69 Å². The van der Waals surface area contributed by atoms with Crippen molar-refractivity contribution in [3.8, 4) is 5.69 Å². The van der Waals surface area contributed by atoms with E-state index in [0.29, 0.717) is 15.9 Å². The summed E-state index contributed by atoms with van der Waals surface area (Å²) in [5.74, 6) is -0.0154. The minimum atomic E-state index is -0.263. The number of rotatable bonds is 4. The molecule has 0 saturated heterocycles. The number of aromatic amines is 1. The van der Waals surface area contributed by atoms with Gasteiger partial charge in [0.15, 0.2) is 5.69 Å². The lowest BCUT2D eigenvalue weighted by Gasteiger charge is -2.08. The van der Waals surface area contributed by atoms with Gasteiger partial charge in [-0.3, -0.25) is 9.89 Å². The van der Waals surface area contributed by atoms with Gasteiger partial charge in [-0.15, -0.1) is 0 Å². The van der Waals surface area contributed by atoms with Crippen molar-refractivity contribution >= 4 is 27.5 Å². The number of aryl methyl sites for hydroxylation is 2. The van der Waals surface area contributed by atoms with Gasteiger partial charge in [0.1, 0.15) is 0 Å². The molecule has 7 heteroatoms. The lowest BCUT2D eigenvalue weighted by Crippen LogP contribution is -2.13. The topological polar surface area (TPSA) is 75.6 Å². The third kappa shape index (κ3) is 3.51. The summed E-state index contributed by atoms with van der Waals surface area (Å²) in [7, 11) is 0. The van der Waals surface area contributed by atoms with Gasteiger partial charge in [-0.05, 0) is 60.0 Å². The fourth-order valence-corrected chi connectivity index (χ4v) is 3.49. The molecule has 2 aromatic heterocycles. The van der Waals surface area contributed by atoms with Crippen LogP contribution in [0.15, 0.2) is 34.8 Å². The van der Waals surface area contributed by atoms with Crippen LogP contribution in [0.1, 0.15) is 47.3 Å². The van der Waals surface area contributed by atoms with Crippen LogP contribution < -0.4 is 5.32 Å². The quantitative estimate of drug-likeness (QED) is 0.681. The minimum absolute atomic E-state index is 0.248. The molecule has 0 unspecified atom stereocenters. The van der Waals surface area contributed by atoms with E-state index in [-0.39, 0.29) is 11.8 Å². The molecule has 0 spiro atoms. The van der Waals surface area contributed by atoms with Crippen LogP contribution in [0.3, 0.4) is 0 Å². The number of nitrogens with zero attached hydrogens (tertiary/aromatic N) is 3. The largest absolute Gasteiger partial charge is 0.320 e. The molecular weight excluding hydrogens is 382 g/mol. The number of amides is 1. The van der Waals surface area contributed by atoms with E-state index in [9.17, 15) is 4.79 Å². The number of carbonyl (C=O) groups is 1. The first-order chi connectivity index (χ1) is 11.9. The number of anilines is 1. The zero-order chi connectivity index (χ0) is 18.1. The molecule has 0 aliphatic rings. The molecule has 6 nitrogen and oxygen atoms in total. The number of halogens is 1. The van der Waals surface area contributed by atoms with Crippen LogP contribution in [0.4, 0.5) is 5.69 Å². The summed E-state index contributed by atoms with van der Waals surface area (Å²) < 4.78 is 2.56. The fraction of sp³-hybridized carbons (Fsp3) is 0.278. The Morgan fingerprint density at radius 1 is 1.28 bits per heavy atom. The molecule has 2 heterocycles. The van der Waals surface area contributed by atoms with Gasteiger partial charge >= 0.3 is 0 Å². The summed E-state index contributed by atoms with van der Waals surface area (Å²) in [4.78, 5) is 12.5. The van der Waals surface area contributed by atoms with E-state index >= 15 is 0 Å². The molecule has 0 aliphatic heterocycles. The van der Waals surface area contributed by atoms with Gasteiger partial charge in [-0.25, -0.2) is 4.68 Å². The highest BCUT2D eigenvalue weighted by Gasteiger charge is 2.19. The standard InChI is InChI=1S/C18H20BrN5O/c1-10(2)16-15(19)17(22-21-16)18(25)20-13-6-5-7-14(9-13)24-12(4)8-11(3)23-24/h5-10H,1-4H3,(H,20,25)(H,21,22). The van der Waals surface area contributed by atoms with E-state index in [0.717, 1.165) is 22.8 Å². The maximum atomic E-state index is 12.5. The highest BCUT2D eigenvalue weighted by Crippen LogP contribution is 2.26. The van der Waals surface area contributed by atoms with E-state index < -0.39 is 0 Å². The van der Waals surface area contributed by atoms with Crippen molar-refractivity contribution in [2.24, 2.45) is 0 Å². The number of hydrogen-bond acceptors (Lipinski definition) is 3. The maximum absolute atomic E-state index is 12.5. The predicted molar refractivity (Wildman–Crippen MR) is 101 cm³/mol. The molecule has 3 aromatic rings. The Kier molecular flexibility index (Phi) is 4.76. The van der Waals surface area contributed by atoms with Crippen LogP contribution in [0.2, 0.25) is 0 Å². The van der Waals surface area contributed by atoms with Crippen molar-refractivity contribution in [2.45, 2.75) is 33.6 Å². The first kappa shape index (κ1) is 17.4. The van der Waals surface area contributed by atoms with Gasteiger partial charge in [0, 0.05) is 11.4 Å². The van der Waals surface area contributed by atoms with Gasteiger partial charge < -0.3 is 5.32 Å². The molecule has 0 aliphatic carbocycles. The normalized spacial score (nSPS) is 11.1. The second-order valence-corrected chi connectivity index (χ2v) is 7.09. The smallest absolute Gasteiger partial charge is 0.277 e. The third-order valence-electron chi connectivity index (χ3n) is 3.88. The Labute approximate surface area is 154 Å². The van der Waals surface area contributed by atoms with Crippen molar-refractivity contribution in [3.63, 3.8) is 0 Å². The summed E-state index contributed by atoms with van der Waals surface area (Å²) >= 11 is 3.46. The Morgan fingerprint density at radius 2 is 2.04 bits per heavy atom. The monoisotopic (exact) mass is 401 g/mol. The van der Waals surface area contributed by atoms with Gasteiger partial charge in [-0.2, -0.15) is 10.2 Å². The molecule has 1 amide bonds. The Morgan fingerprint density at radius 3 is 2.64 bits per heavy atom. The first-order valence-electron chi connectivity index (χ1n) is 8.05. The molecule has 2 N–H and O–H groups in total. The van der Waals surface area contributed by atoms with Crippen molar-refractivity contribution in [1.29, 1.82) is 0 Å².